The average Bonchev–Trinajstić information content (AvgIpc) is 2.84. The maximum atomic E-state index is 13.6. The third-order valence-electron chi connectivity index (χ3n) is 5.34. The van der Waals surface area contributed by atoms with Gasteiger partial charge in [-0.15, -0.1) is 0 Å². The Balaban J connectivity index is 2.41. The molecule has 0 spiro atoms. The van der Waals surface area contributed by atoms with Crippen LogP contribution in [0.2, 0.25) is 0 Å². The number of rotatable bonds is 13. The second-order valence-corrected chi connectivity index (χ2v) is 9.91. The van der Waals surface area contributed by atoms with Crippen LogP contribution in [-0.2, 0) is 26.2 Å². The molecular weight excluding hydrogens is 470 g/mol. The highest BCUT2D eigenvalue weighted by molar-refractivity contribution is 7.92. The number of hydrogen-bond donors (Lipinski definition) is 1. The highest BCUT2D eigenvalue weighted by atomic mass is 32.2. The Bertz CT molecular complexity index is 1090. The number of carbonyl (C=O) groups excluding carboxylic acids is 2. The van der Waals surface area contributed by atoms with Gasteiger partial charge in [0.25, 0.3) is 0 Å². The summed E-state index contributed by atoms with van der Waals surface area (Å²) in [6.45, 7) is 5.81. The monoisotopic (exact) mass is 505 g/mol. The standard InChI is InChI=1S/C25H35N3O6S/c1-6-16-26-25(30)19(3)27(17-20-12-14-21(33-4)15-13-20)24(29)18-28(35(5,31)32)22-10-8-9-11-23(22)34-7-2/h8-15,19H,6-7,16-18H2,1-5H3,(H,26,30). The molecule has 2 aromatic carbocycles. The van der Waals surface area contributed by atoms with E-state index in [2.05, 4.69) is 5.32 Å². The lowest BCUT2D eigenvalue weighted by molar-refractivity contribution is -0.139. The lowest BCUT2D eigenvalue weighted by atomic mass is 10.1. The van der Waals surface area contributed by atoms with Crippen molar-refractivity contribution in [3.8, 4) is 11.5 Å². The Morgan fingerprint density at radius 1 is 1.06 bits per heavy atom. The van der Waals surface area contributed by atoms with E-state index in [9.17, 15) is 18.0 Å². The number of sulfonamides is 1. The Labute approximate surface area is 208 Å². The molecule has 2 aromatic rings. The summed E-state index contributed by atoms with van der Waals surface area (Å²) in [6, 6.07) is 13.0. The zero-order valence-corrected chi connectivity index (χ0v) is 21.8. The van der Waals surface area contributed by atoms with Gasteiger partial charge in [0.1, 0.15) is 24.1 Å². The first-order valence-electron chi connectivity index (χ1n) is 11.5. The summed E-state index contributed by atoms with van der Waals surface area (Å²) in [5.41, 5.74) is 1.03. The number of hydrogen-bond acceptors (Lipinski definition) is 6. The average molecular weight is 506 g/mol. The molecule has 0 aliphatic carbocycles. The third-order valence-corrected chi connectivity index (χ3v) is 6.47. The predicted molar refractivity (Wildman–Crippen MR) is 136 cm³/mol. The first-order valence-corrected chi connectivity index (χ1v) is 13.4. The third kappa shape index (κ3) is 7.88. The second kappa shape index (κ2) is 13.0. The van der Waals surface area contributed by atoms with Gasteiger partial charge in [0.05, 0.1) is 25.7 Å². The van der Waals surface area contributed by atoms with Gasteiger partial charge in [0.15, 0.2) is 0 Å². The van der Waals surface area contributed by atoms with Crippen molar-refractivity contribution in [3.63, 3.8) is 0 Å². The van der Waals surface area contributed by atoms with E-state index in [1.54, 1.807) is 69.5 Å². The van der Waals surface area contributed by atoms with Crippen LogP contribution in [0.25, 0.3) is 0 Å². The zero-order valence-electron chi connectivity index (χ0n) is 21.0. The normalized spacial score (nSPS) is 11.9. The lowest BCUT2D eigenvalue weighted by Gasteiger charge is -2.32. The van der Waals surface area contributed by atoms with Crippen molar-refractivity contribution < 1.29 is 27.5 Å². The van der Waals surface area contributed by atoms with Crippen LogP contribution >= 0.6 is 0 Å². The molecule has 0 saturated heterocycles. The van der Waals surface area contributed by atoms with Crippen LogP contribution in [0.3, 0.4) is 0 Å². The quantitative estimate of drug-likeness (QED) is 0.449. The predicted octanol–water partition coefficient (Wildman–Crippen LogP) is 2.80. The van der Waals surface area contributed by atoms with Gasteiger partial charge >= 0.3 is 0 Å². The minimum Gasteiger partial charge on any atom is -0.497 e. The molecule has 2 amide bonds. The second-order valence-electron chi connectivity index (χ2n) is 8.01. The minimum atomic E-state index is -3.84. The highest BCUT2D eigenvalue weighted by Gasteiger charge is 2.31. The van der Waals surface area contributed by atoms with Gasteiger partial charge in [-0.25, -0.2) is 8.42 Å². The molecule has 9 nitrogen and oxygen atoms in total. The number of nitrogens with zero attached hydrogens (tertiary/aromatic N) is 2. The van der Waals surface area contributed by atoms with Crippen molar-refractivity contribution in [2.45, 2.75) is 39.8 Å². The number of anilines is 1. The summed E-state index contributed by atoms with van der Waals surface area (Å²) in [4.78, 5) is 27.7. The van der Waals surface area contributed by atoms with Gasteiger partial charge in [-0.05, 0) is 50.1 Å². The molecule has 35 heavy (non-hydrogen) atoms. The fraction of sp³-hybridized carbons (Fsp3) is 0.440. The van der Waals surface area contributed by atoms with E-state index >= 15 is 0 Å². The van der Waals surface area contributed by atoms with Crippen LogP contribution in [-0.4, -0.2) is 64.2 Å². The van der Waals surface area contributed by atoms with Gasteiger partial charge < -0.3 is 19.7 Å². The molecule has 0 aromatic heterocycles. The number of para-hydroxylation sites is 2. The molecule has 0 aliphatic heterocycles. The van der Waals surface area contributed by atoms with Crippen molar-refractivity contribution in [2.75, 3.05) is 37.4 Å². The number of benzene rings is 2. The first-order chi connectivity index (χ1) is 16.6. The molecule has 1 atom stereocenters. The van der Waals surface area contributed by atoms with Gasteiger partial charge in [0.2, 0.25) is 21.8 Å². The fourth-order valence-electron chi connectivity index (χ4n) is 3.44. The van der Waals surface area contributed by atoms with Crippen molar-refractivity contribution in [2.24, 2.45) is 0 Å². The van der Waals surface area contributed by atoms with E-state index in [1.165, 1.54) is 4.90 Å². The van der Waals surface area contributed by atoms with Gasteiger partial charge in [-0.2, -0.15) is 0 Å². The van der Waals surface area contributed by atoms with E-state index in [0.717, 1.165) is 22.5 Å². The van der Waals surface area contributed by atoms with Crippen molar-refractivity contribution in [1.82, 2.24) is 10.2 Å². The van der Waals surface area contributed by atoms with Gasteiger partial charge in [-0.1, -0.05) is 31.2 Å². The van der Waals surface area contributed by atoms with E-state index in [1.807, 2.05) is 6.92 Å². The maximum absolute atomic E-state index is 13.6. The zero-order chi connectivity index (χ0) is 26.0. The van der Waals surface area contributed by atoms with Crippen LogP contribution in [0, 0.1) is 0 Å². The summed E-state index contributed by atoms with van der Waals surface area (Å²) in [6.07, 6.45) is 1.79. The van der Waals surface area contributed by atoms with E-state index < -0.39 is 28.5 Å². The summed E-state index contributed by atoms with van der Waals surface area (Å²) in [7, 11) is -2.28. The summed E-state index contributed by atoms with van der Waals surface area (Å²) in [5.74, 6) is 0.186. The van der Waals surface area contributed by atoms with Crippen molar-refractivity contribution >= 4 is 27.5 Å². The summed E-state index contributed by atoms with van der Waals surface area (Å²) >= 11 is 0. The topological polar surface area (TPSA) is 105 Å². The number of carbonyl (C=O) groups is 2. The molecular formula is C25H35N3O6S. The number of ether oxygens (including phenoxy) is 2. The Hall–Kier alpha value is -3.27. The largest absolute Gasteiger partial charge is 0.497 e. The molecule has 1 unspecified atom stereocenters. The van der Waals surface area contributed by atoms with Crippen LogP contribution in [0.1, 0.15) is 32.8 Å². The van der Waals surface area contributed by atoms with Gasteiger partial charge in [-0.3, -0.25) is 13.9 Å². The minimum absolute atomic E-state index is 0.119. The van der Waals surface area contributed by atoms with Crippen LogP contribution in [0.5, 0.6) is 11.5 Å². The Kier molecular flexibility index (Phi) is 10.4. The smallest absolute Gasteiger partial charge is 0.244 e. The molecule has 192 valence electrons. The summed E-state index contributed by atoms with van der Waals surface area (Å²) < 4.78 is 37.3. The Morgan fingerprint density at radius 3 is 2.29 bits per heavy atom. The number of nitrogens with one attached hydrogen (secondary N) is 1. The van der Waals surface area contributed by atoms with Crippen molar-refractivity contribution in [3.05, 3.63) is 54.1 Å². The maximum Gasteiger partial charge on any atom is 0.244 e. The van der Waals surface area contributed by atoms with Crippen molar-refractivity contribution in [1.29, 1.82) is 0 Å². The molecule has 0 heterocycles. The van der Waals surface area contributed by atoms with Crippen LogP contribution in [0.15, 0.2) is 48.5 Å². The molecule has 0 aliphatic rings. The number of amides is 2. The Morgan fingerprint density at radius 2 is 1.71 bits per heavy atom. The number of methoxy groups -OCH3 is 1. The molecule has 10 heteroatoms. The highest BCUT2D eigenvalue weighted by Crippen LogP contribution is 2.30. The summed E-state index contributed by atoms with van der Waals surface area (Å²) in [5, 5.41) is 2.81. The first kappa shape index (κ1) is 28.0. The molecule has 1 N–H and O–H groups in total. The molecule has 0 radical (unpaired) electrons. The fourth-order valence-corrected chi connectivity index (χ4v) is 4.29. The van der Waals surface area contributed by atoms with E-state index in [0.29, 0.717) is 24.7 Å². The van der Waals surface area contributed by atoms with E-state index in [-0.39, 0.29) is 18.1 Å². The molecule has 0 saturated carbocycles. The van der Waals surface area contributed by atoms with Crippen LogP contribution in [0.4, 0.5) is 5.69 Å². The molecule has 2 rings (SSSR count). The molecule has 0 bridgehead atoms. The van der Waals surface area contributed by atoms with Gasteiger partial charge in [0, 0.05) is 13.1 Å². The molecule has 0 fully saturated rings. The SMILES string of the molecule is CCCNC(=O)C(C)N(Cc1ccc(OC)cc1)C(=O)CN(c1ccccc1OCC)S(C)(=O)=O. The van der Waals surface area contributed by atoms with Crippen LogP contribution < -0.4 is 19.1 Å². The van der Waals surface area contributed by atoms with E-state index in [4.69, 9.17) is 9.47 Å². The lowest BCUT2D eigenvalue weighted by Crippen LogP contribution is -2.51.